The van der Waals surface area contributed by atoms with Crippen molar-refractivity contribution in [2.75, 3.05) is 35.8 Å². The van der Waals surface area contributed by atoms with Gasteiger partial charge in [-0.3, -0.25) is 5.10 Å². The summed E-state index contributed by atoms with van der Waals surface area (Å²) in [5, 5.41) is 12.9. The molecule has 4 rings (SSSR count). The Morgan fingerprint density at radius 3 is 2.66 bits per heavy atom. The predicted octanol–water partition coefficient (Wildman–Crippen LogP) is 4.87. The third-order valence-corrected chi connectivity index (χ3v) is 5.32. The topological polar surface area (TPSA) is 69.7 Å². The van der Waals surface area contributed by atoms with Crippen molar-refractivity contribution in [2.24, 2.45) is 0 Å². The molecule has 2 heterocycles. The van der Waals surface area contributed by atoms with Crippen molar-refractivity contribution in [1.29, 1.82) is 0 Å². The monoisotopic (exact) mass is 404 g/mol. The van der Waals surface area contributed by atoms with Gasteiger partial charge in [0.05, 0.1) is 0 Å². The quantitative estimate of drug-likeness (QED) is 0.458. The van der Waals surface area contributed by atoms with Crippen LogP contribution in [0.1, 0.15) is 5.69 Å². The van der Waals surface area contributed by atoms with Gasteiger partial charge in [0, 0.05) is 42.7 Å². The predicted molar refractivity (Wildman–Crippen MR) is 123 cm³/mol. The van der Waals surface area contributed by atoms with E-state index in [1.807, 2.05) is 43.0 Å². The second kappa shape index (κ2) is 8.53. The van der Waals surface area contributed by atoms with E-state index in [-0.39, 0.29) is 0 Å². The lowest BCUT2D eigenvalue weighted by molar-refractivity contribution is 0.940. The minimum absolute atomic E-state index is 0.699. The third-order valence-electron chi connectivity index (χ3n) is 4.73. The van der Waals surface area contributed by atoms with Gasteiger partial charge in [0.25, 0.3) is 0 Å². The summed E-state index contributed by atoms with van der Waals surface area (Å²) in [6.45, 7) is 2.88. The first-order chi connectivity index (χ1) is 14.1. The van der Waals surface area contributed by atoms with E-state index in [4.69, 9.17) is 9.97 Å². The van der Waals surface area contributed by atoms with Gasteiger partial charge in [0.15, 0.2) is 11.6 Å². The van der Waals surface area contributed by atoms with Crippen molar-refractivity contribution in [3.05, 3.63) is 60.3 Å². The van der Waals surface area contributed by atoms with Crippen molar-refractivity contribution in [2.45, 2.75) is 6.92 Å². The molecule has 2 N–H and O–H groups in total. The second-order valence-corrected chi connectivity index (χ2v) is 7.92. The molecule has 29 heavy (non-hydrogen) atoms. The maximum absolute atomic E-state index is 4.89. The molecule has 0 saturated heterocycles. The number of thioether (sulfide) groups is 1. The van der Waals surface area contributed by atoms with Crippen LogP contribution in [-0.4, -0.2) is 45.8 Å². The Labute approximate surface area is 174 Å². The first kappa shape index (κ1) is 19.3. The number of aromatic amines is 1. The third kappa shape index (κ3) is 4.35. The van der Waals surface area contributed by atoms with Gasteiger partial charge in [0.2, 0.25) is 0 Å². The second-order valence-electron chi connectivity index (χ2n) is 6.94. The maximum Gasteiger partial charge on any atom is 0.164 e. The van der Waals surface area contributed by atoms with E-state index in [0.717, 1.165) is 46.4 Å². The summed E-state index contributed by atoms with van der Waals surface area (Å²) >= 11 is 1.82. The highest BCUT2D eigenvalue weighted by Crippen LogP contribution is 2.29. The van der Waals surface area contributed by atoms with E-state index < -0.39 is 0 Å². The first-order valence-corrected chi connectivity index (χ1v) is 10.9. The fourth-order valence-electron chi connectivity index (χ4n) is 3.19. The van der Waals surface area contributed by atoms with Crippen LogP contribution in [0.4, 0.5) is 17.5 Å². The molecule has 0 bridgehead atoms. The van der Waals surface area contributed by atoms with E-state index >= 15 is 0 Å². The van der Waals surface area contributed by atoms with Crippen molar-refractivity contribution >= 4 is 40.0 Å². The molecule has 0 aliphatic carbocycles. The molecule has 0 amide bonds. The Balaban J connectivity index is 1.80. The molecule has 6 nitrogen and oxygen atoms in total. The van der Waals surface area contributed by atoms with Gasteiger partial charge in [-0.25, -0.2) is 9.97 Å². The fraction of sp³-hybridized carbons (Fsp3) is 0.227. The maximum atomic E-state index is 4.89. The van der Waals surface area contributed by atoms with Gasteiger partial charge in [-0.1, -0.05) is 42.5 Å². The van der Waals surface area contributed by atoms with Crippen LogP contribution in [0.5, 0.6) is 0 Å². The molecule has 2 aromatic carbocycles. The van der Waals surface area contributed by atoms with Crippen LogP contribution in [0, 0.1) is 6.92 Å². The van der Waals surface area contributed by atoms with Crippen LogP contribution in [0.25, 0.3) is 22.2 Å². The molecular weight excluding hydrogens is 380 g/mol. The Hall–Kier alpha value is -3.06. The molecule has 0 spiro atoms. The summed E-state index contributed by atoms with van der Waals surface area (Å²) < 4.78 is 0. The van der Waals surface area contributed by atoms with Gasteiger partial charge in [0.1, 0.15) is 11.6 Å². The normalized spacial score (nSPS) is 11.0. The number of H-pyrrole nitrogens is 1. The molecule has 0 fully saturated rings. The Bertz CT molecular complexity index is 1120. The number of fused-ring (bicyclic) bond motifs is 1. The van der Waals surface area contributed by atoms with Crippen LogP contribution in [0.15, 0.2) is 54.6 Å². The van der Waals surface area contributed by atoms with Crippen LogP contribution in [0.3, 0.4) is 0 Å². The number of nitrogens with zero attached hydrogens (tertiary/aromatic N) is 4. The largest absolute Gasteiger partial charge is 0.359 e. The fourth-order valence-corrected chi connectivity index (χ4v) is 3.65. The summed E-state index contributed by atoms with van der Waals surface area (Å²) in [7, 11) is 2.06. The van der Waals surface area contributed by atoms with Gasteiger partial charge in [-0.05, 0) is 24.0 Å². The highest BCUT2D eigenvalue weighted by molar-refractivity contribution is 7.98. The SMILES string of the molecule is CSCCN(C)c1cc(Nc2cc(C)[nH]n2)nc(-c2cccc3ccccc23)n1. The molecule has 7 heteroatoms. The van der Waals surface area contributed by atoms with E-state index in [2.05, 4.69) is 64.0 Å². The zero-order valence-electron chi connectivity index (χ0n) is 16.8. The van der Waals surface area contributed by atoms with E-state index in [9.17, 15) is 0 Å². The summed E-state index contributed by atoms with van der Waals surface area (Å²) in [5.74, 6) is 4.07. The van der Waals surface area contributed by atoms with E-state index in [1.54, 1.807) is 0 Å². The number of anilines is 3. The Morgan fingerprint density at radius 2 is 1.86 bits per heavy atom. The van der Waals surface area contributed by atoms with Gasteiger partial charge < -0.3 is 10.2 Å². The standard InChI is InChI=1S/C22H24N6S/c1-15-13-20(27-26-15)23-19-14-21(28(2)11-12-29-3)25-22(24-19)18-10-6-8-16-7-4-5-9-17(16)18/h4-10,13-14H,11-12H2,1-3H3,(H2,23,24,25,26,27). The highest BCUT2D eigenvalue weighted by Gasteiger charge is 2.13. The average molecular weight is 405 g/mol. The average Bonchev–Trinajstić information content (AvgIpc) is 3.15. The van der Waals surface area contributed by atoms with Gasteiger partial charge in [-0.2, -0.15) is 16.9 Å². The lowest BCUT2D eigenvalue weighted by Crippen LogP contribution is -2.22. The first-order valence-electron chi connectivity index (χ1n) is 9.50. The van der Waals surface area contributed by atoms with Crippen LogP contribution < -0.4 is 10.2 Å². The summed E-state index contributed by atoms with van der Waals surface area (Å²) in [5.41, 5.74) is 2.01. The highest BCUT2D eigenvalue weighted by atomic mass is 32.2. The molecule has 148 valence electrons. The molecule has 0 radical (unpaired) electrons. The summed E-state index contributed by atoms with van der Waals surface area (Å²) in [4.78, 5) is 11.9. The number of hydrogen-bond donors (Lipinski definition) is 2. The van der Waals surface area contributed by atoms with E-state index in [1.165, 1.54) is 5.39 Å². The molecule has 4 aromatic rings. The molecule has 0 aliphatic rings. The molecule has 0 atom stereocenters. The Morgan fingerprint density at radius 1 is 1.03 bits per heavy atom. The zero-order chi connectivity index (χ0) is 20.2. The molecule has 2 aromatic heterocycles. The number of benzene rings is 2. The van der Waals surface area contributed by atoms with Crippen LogP contribution >= 0.6 is 11.8 Å². The number of rotatable bonds is 7. The van der Waals surface area contributed by atoms with Gasteiger partial charge >= 0.3 is 0 Å². The number of hydrogen-bond acceptors (Lipinski definition) is 6. The number of aryl methyl sites for hydroxylation is 1. The van der Waals surface area contributed by atoms with Crippen molar-refractivity contribution in [3.8, 4) is 11.4 Å². The number of aromatic nitrogens is 4. The lowest BCUT2D eigenvalue weighted by atomic mass is 10.0. The molecule has 0 aliphatic heterocycles. The molecule has 0 saturated carbocycles. The minimum atomic E-state index is 0.699. The zero-order valence-corrected chi connectivity index (χ0v) is 17.6. The van der Waals surface area contributed by atoms with Crippen LogP contribution in [-0.2, 0) is 0 Å². The smallest absolute Gasteiger partial charge is 0.164 e. The molecule has 0 unspecified atom stereocenters. The molecular formula is C22H24N6S. The summed E-state index contributed by atoms with van der Waals surface area (Å²) in [6, 6.07) is 18.5. The van der Waals surface area contributed by atoms with Gasteiger partial charge in [-0.15, -0.1) is 0 Å². The summed E-state index contributed by atoms with van der Waals surface area (Å²) in [6.07, 6.45) is 2.11. The minimum Gasteiger partial charge on any atom is -0.359 e. The van der Waals surface area contributed by atoms with E-state index in [0.29, 0.717) is 5.82 Å². The van der Waals surface area contributed by atoms with Crippen LogP contribution in [0.2, 0.25) is 0 Å². The van der Waals surface area contributed by atoms with Crippen molar-refractivity contribution < 1.29 is 0 Å². The lowest BCUT2D eigenvalue weighted by Gasteiger charge is -2.19. The number of nitrogens with one attached hydrogen (secondary N) is 2. The van der Waals surface area contributed by atoms with Crippen molar-refractivity contribution in [3.63, 3.8) is 0 Å². The van der Waals surface area contributed by atoms with Crippen molar-refractivity contribution in [1.82, 2.24) is 20.2 Å². The Kier molecular flexibility index (Phi) is 5.67.